The molecule has 0 bridgehead atoms. The second-order valence-corrected chi connectivity index (χ2v) is 6.21. The highest BCUT2D eigenvalue weighted by atomic mass is 19.1. The highest BCUT2D eigenvalue weighted by molar-refractivity contribution is 5.96. The molecule has 8 heteroatoms. The second kappa shape index (κ2) is 9.07. The number of halogens is 1. The van der Waals surface area contributed by atoms with Crippen molar-refractivity contribution in [3.63, 3.8) is 0 Å². The topological polar surface area (TPSA) is 71.1 Å². The monoisotopic (exact) mass is 387 g/mol. The summed E-state index contributed by atoms with van der Waals surface area (Å²) in [7, 11) is 1.58. The number of rotatable bonds is 8. The van der Waals surface area contributed by atoms with Gasteiger partial charge in [-0.25, -0.2) is 9.18 Å². The van der Waals surface area contributed by atoms with E-state index in [0.717, 1.165) is 11.4 Å². The van der Waals surface area contributed by atoms with Crippen molar-refractivity contribution in [1.82, 2.24) is 10.2 Å². The fourth-order valence-corrected chi connectivity index (χ4v) is 2.85. The number of nitrogens with zero attached hydrogens (tertiary/aromatic N) is 2. The number of hydrogen-bond donors (Lipinski definition) is 1. The fourth-order valence-electron chi connectivity index (χ4n) is 2.85. The minimum absolute atomic E-state index is 0.0119. The van der Waals surface area contributed by atoms with Gasteiger partial charge in [-0.15, -0.1) is 0 Å². The number of methoxy groups -OCH3 is 1. The van der Waals surface area contributed by atoms with E-state index >= 15 is 0 Å². The van der Waals surface area contributed by atoms with Crippen molar-refractivity contribution in [2.45, 2.75) is 0 Å². The molecule has 1 aliphatic rings. The molecule has 0 atom stereocenters. The molecule has 0 radical (unpaired) electrons. The van der Waals surface area contributed by atoms with Crippen LogP contribution in [0.3, 0.4) is 0 Å². The second-order valence-electron chi connectivity index (χ2n) is 6.21. The Hall–Kier alpha value is -3.29. The van der Waals surface area contributed by atoms with Gasteiger partial charge < -0.3 is 19.7 Å². The number of ether oxygens (including phenoxy) is 2. The Kier molecular flexibility index (Phi) is 6.31. The molecule has 7 nitrogen and oxygen atoms in total. The summed E-state index contributed by atoms with van der Waals surface area (Å²) in [5.74, 6) is 0.655. The van der Waals surface area contributed by atoms with Crippen LogP contribution in [0.4, 0.5) is 14.9 Å². The molecule has 3 rings (SSSR count). The van der Waals surface area contributed by atoms with Gasteiger partial charge in [-0.1, -0.05) is 0 Å². The van der Waals surface area contributed by atoms with Crippen LogP contribution < -0.4 is 19.7 Å². The minimum Gasteiger partial charge on any atom is -0.497 e. The number of carbonyl (C=O) groups is 2. The first-order chi connectivity index (χ1) is 13.6. The summed E-state index contributed by atoms with van der Waals surface area (Å²) in [5.41, 5.74) is 0.765. The molecule has 0 unspecified atom stereocenters. The molecule has 2 aromatic rings. The van der Waals surface area contributed by atoms with Crippen LogP contribution in [-0.2, 0) is 4.79 Å². The van der Waals surface area contributed by atoms with Crippen molar-refractivity contribution in [3.05, 3.63) is 54.3 Å². The fraction of sp³-hybridized carbons (Fsp3) is 0.300. The van der Waals surface area contributed by atoms with Gasteiger partial charge in [0.05, 0.1) is 13.7 Å². The van der Waals surface area contributed by atoms with Gasteiger partial charge in [0, 0.05) is 18.8 Å². The van der Waals surface area contributed by atoms with Gasteiger partial charge in [0.15, 0.2) is 0 Å². The van der Waals surface area contributed by atoms with Crippen LogP contribution in [0.2, 0.25) is 0 Å². The lowest BCUT2D eigenvalue weighted by Gasteiger charge is -2.18. The van der Waals surface area contributed by atoms with E-state index in [0.29, 0.717) is 25.4 Å². The van der Waals surface area contributed by atoms with Crippen molar-refractivity contribution in [3.8, 4) is 11.5 Å². The van der Waals surface area contributed by atoms with Gasteiger partial charge in [-0.3, -0.25) is 9.69 Å². The van der Waals surface area contributed by atoms with E-state index in [-0.39, 0.29) is 30.9 Å². The van der Waals surface area contributed by atoms with Gasteiger partial charge >= 0.3 is 6.03 Å². The Labute approximate surface area is 162 Å². The van der Waals surface area contributed by atoms with Crippen molar-refractivity contribution < 1.29 is 23.5 Å². The van der Waals surface area contributed by atoms with E-state index in [4.69, 9.17) is 9.47 Å². The summed E-state index contributed by atoms with van der Waals surface area (Å²) >= 11 is 0. The average molecular weight is 387 g/mol. The molecule has 148 valence electrons. The lowest BCUT2D eigenvalue weighted by atomic mass is 10.3. The molecular formula is C20H22FN3O4. The van der Waals surface area contributed by atoms with Gasteiger partial charge in [0.2, 0.25) is 5.91 Å². The molecule has 1 heterocycles. The highest BCUT2D eigenvalue weighted by Gasteiger charge is 2.30. The zero-order valence-corrected chi connectivity index (χ0v) is 15.6. The molecule has 1 fully saturated rings. The van der Waals surface area contributed by atoms with Crippen LogP contribution in [0.25, 0.3) is 0 Å². The van der Waals surface area contributed by atoms with E-state index in [2.05, 4.69) is 5.32 Å². The van der Waals surface area contributed by atoms with E-state index in [1.165, 1.54) is 29.2 Å². The zero-order valence-electron chi connectivity index (χ0n) is 15.6. The van der Waals surface area contributed by atoms with Crippen molar-refractivity contribution in [1.29, 1.82) is 0 Å². The lowest BCUT2D eigenvalue weighted by molar-refractivity contribution is -0.121. The molecule has 0 saturated carbocycles. The normalized spacial score (nSPS) is 13.6. The SMILES string of the molecule is COc1ccc(N2CCN(CC(=O)NCCOc3ccc(F)cc3)C2=O)cc1. The summed E-state index contributed by atoms with van der Waals surface area (Å²) in [6.45, 7) is 1.53. The third kappa shape index (κ3) is 4.91. The minimum atomic E-state index is -0.334. The van der Waals surface area contributed by atoms with Crippen LogP contribution in [-0.4, -0.2) is 56.7 Å². The molecule has 2 aromatic carbocycles. The smallest absolute Gasteiger partial charge is 0.325 e. The summed E-state index contributed by atoms with van der Waals surface area (Å²) < 4.78 is 23.4. The van der Waals surface area contributed by atoms with Gasteiger partial charge in [-0.2, -0.15) is 0 Å². The first-order valence-corrected chi connectivity index (χ1v) is 8.92. The van der Waals surface area contributed by atoms with Gasteiger partial charge in [0.1, 0.15) is 30.5 Å². The lowest BCUT2D eigenvalue weighted by Crippen LogP contribution is -2.41. The van der Waals surface area contributed by atoms with E-state index in [1.54, 1.807) is 24.1 Å². The maximum absolute atomic E-state index is 12.8. The molecule has 0 aliphatic carbocycles. The van der Waals surface area contributed by atoms with Crippen LogP contribution >= 0.6 is 0 Å². The molecule has 28 heavy (non-hydrogen) atoms. The van der Waals surface area contributed by atoms with Crippen molar-refractivity contribution >= 4 is 17.6 Å². The number of anilines is 1. The maximum Gasteiger partial charge on any atom is 0.325 e. The molecule has 0 spiro atoms. The Morgan fingerprint density at radius 2 is 1.75 bits per heavy atom. The Balaban J connectivity index is 1.41. The molecule has 1 saturated heterocycles. The number of urea groups is 1. The van der Waals surface area contributed by atoms with Crippen molar-refractivity contribution in [2.24, 2.45) is 0 Å². The first kappa shape index (κ1) is 19.5. The average Bonchev–Trinajstić information content (AvgIpc) is 3.07. The predicted molar refractivity (Wildman–Crippen MR) is 102 cm³/mol. The largest absolute Gasteiger partial charge is 0.497 e. The summed E-state index contributed by atoms with van der Waals surface area (Å²) in [5, 5.41) is 2.71. The van der Waals surface area contributed by atoms with Crippen molar-refractivity contribution in [2.75, 3.05) is 44.8 Å². The van der Waals surface area contributed by atoms with E-state index in [9.17, 15) is 14.0 Å². The van der Waals surface area contributed by atoms with Crippen LogP contribution in [0.5, 0.6) is 11.5 Å². The number of carbonyl (C=O) groups excluding carboxylic acids is 2. The Morgan fingerprint density at radius 1 is 1.07 bits per heavy atom. The third-order valence-electron chi connectivity index (χ3n) is 4.32. The molecule has 0 aromatic heterocycles. The standard InChI is InChI=1S/C20H22FN3O4/c1-27-17-8-4-16(5-9-17)24-12-11-23(20(24)26)14-19(25)22-10-13-28-18-6-2-15(21)3-7-18/h2-9H,10-14H2,1H3,(H,22,25). The number of hydrogen-bond acceptors (Lipinski definition) is 4. The van der Waals surface area contributed by atoms with E-state index in [1.807, 2.05) is 12.1 Å². The molecule has 3 amide bonds. The van der Waals surface area contributed by atoms with Crippen LogP contribution in [0.15, 0.2) is 48.5 Å². The number of benzene rings is 2. The Bertz CT molecular complexity index is 811. The number of nitrogens with one attached hydrogen (secondary N) is 1. The molecular weight excluding hydrogens is 365 g/mol. The first-order valence-electron chi connectivity index (χ1n) is 8.92. The summed E-state index contributed by atoms with van der Waals surface area (Å²) in [6.07, 6.45) is 0. The van der Waals surface area contributed by atoms with Gasteiger partial charge in [0.25, 0.3) is 0 Å². The van der Waals surface area contributed by atoms with Gasteiger partial charge in [-0.05, 0) is 48.5 Å². The Morgan fingerprint density at radius 3 is 2.43 bits per heavy atom. The zero-order chi connectivity index (χ0) is 19.9. The number of amides is 3. The highest BCUT2D eigenvalue weighted by Crippen LogP contribution is 2.23. The third-order valence-corrected chi connectivity index (χ3v) is 4.32. The molecule has 1 aliphatic heterocycles. The van der Waals surface area contributed by atoms with Crippen LogP contribution in [0.1, 0.15) is 0 Å². The maximum atomic E-state index is 12.8. The van der Waals surface area contributed by atoms with Crippen LogP contribution in [0, 0.1) is 5.82 Å². The summed E-state index contributed by atoms with van der Waals surface area (Å²) in [4.78, 5) is 27.7. The molecule has 1 N–H and O–H groups in total. The predicted octanol–water partition coefficient (Wildman–Crippen LogP) is 2.27. The summed E-state index contributed by atoms with van der Waals surface area (Å²) in [6, 6.07) is 12.7. The quantitative estimate of drug-likeness (QED) is 0.706. The van der Waals surface area contributed by atoms with E-state index < -0.39 is 0 Å².